The molecule has 0 spiro atoms. The van der Waals surface area contributed by atoms with Crippen LogP contribution in [0, 0.1) is 23.7 Å². The first-order chi connectivity index (χ1) is 19.3. The highest BCUT2D eigenvalue weighted by atomic mass is 16.8. The van der Waals surface area contributed by atoms with Crippen LogP contribution in [0.5, 0.6) is 0 Å². The molecule has 0 aliphatic carbocycles. The number of fused-ring (bicyclic) bond motifs is 2. The number of hydrogen-bond acceptors (Lipinski definition) is 8. The minimum absolute atomic E-state index is 0.392. The highest BCUT2D eigenvalue weighted by Crippen LogP contribution is 2.40. The zero-order chi connectivity index (χ0) is 27.7. The number of ether oxygens (including phenoxy) is 8. The molecule has 2 aromatic carbocycles. The van der Waals surface area contributed by atoms with Crippen molar-refractivity contribution in [2.45, 2.75) is 102 Å². The van der Waals surface area contributed by atoms with Gasteiger partial charge in [-0.1, -0.05) is 72.5 Å². The van der Waals surface area contributed by atoms with Gasteiger partial charge in [0.25, 0.3) is 0 Å². The van der Waals surface area contributed by atoms with Crippen LogP contribution in [0.3, 0.4) is 0 Å². The number of benzene rings is 2. The van der Waals surface area contributed by atoms with Gasteiger partial charge in [0.05, 0.1) is 13.2 Å². The quantitative estimate of drug-likeness (QED) is 0.505. The molecule has 4 heterocycles. The molecular weight excluding hydrogens is 512 g/mol. The average molecular weight is 547 g/mol. The van der Waals surface area contributed by atoms with E-state index in [9.17, 15) is 0 Å². The second kappa shape index (κ2) is 11.3. The molecule has 6 rings (SSSR count). The van der Waals surface area contributed by atoms with Crippen molar-refractivity contribution in [2.75, 3.05) is 0 Å². The molecule has 0 amide bonds. The van der Waals surface area contributed by atoms with Crippen LogP contribution >= 0.6 is 0 Å². The molecule has 2 aromatic rings. The van der Waals surface area contributed by atoms with E-state index in [2.05, 4.69) is 23.7 Å². The average Bonchev–Trinajstić information content (AvgIpc) is 3.60. The lowest BCUT2D eigenvalue weighted by molar-refractivity contribution is -0.212. The minimum atomic E-state index is -0.757. The van der Waals surface area contributed by atoms with Crippen LogP contribution in [-0.4, -0.2) is 60.8 Å². The van der Waals surface area contributed by atoms with Crippen molar-refractivity contribution in [3.63, 3.8) is 0 Å². The third-order valence-corrected chi connectivity index (χ3v) is 7.04. The van der Waals surface area contributed by atoms with Gasteiger partial charge in [0.1, 0.15) is 24.4 Å². The van der Waals surface area contributed by atoms with E-state index in [1.165, 1.54) is 0 Å². The molecule has 4 aliphatic heterocycles. The van der Waals surface area contributed by atoms with E-state index in [0.717, 1.165) is 11.1 Å². The fourth-order valence-electron chi connectivity index (χ4n) is 5.30. The van der Waals surface area contributed by atoms with E-state index in [-0.39, 0.29) is 0 Å². The van der Waals surface area contributed by atoms with Gasteiger partial charge in [0.2, 0.25) is 0 Å². The summed E-state index contributed by atoms with van der Waals surface area (Å²) in [6.07, 6.45) is -3.91. The first-order valence-electron chi connectivity index (χ1n) is 13.6. The Morgan fingerprint density at radius 3 is 1.40 bits per heavy atom. The number of hydrogen-bond donors (Lipinski definition) is 0. The maximum Gasteiger partial charge on any atom is 0.191 e. The van der Waals surface area contributed by atoms with Gasteiger partial charge in [0, 0.05) is 0 Å². The Morgan fingerprint density at radius 1 is 0.600 bits per heavy atom. The van der Waals surface area contributed by atoms with Crippen molar-refractivity contribution in [2.24, 2.45) is 0 Å². The SMILES string of the molecule is CC1(C)O[C@H]2O[C@H](C#CC#C[C@H]3O[C@@H]4OC(C)(C)O[C@@H]4[C@H]3OCc3ccccc3)[C@H](OCc3ccccc3)[C@H]2O1. The normalized spacial score (nSPS) is 34.8. The van der Waals surface area contributed by atoms with E-state index in [0.29, 0.717) is 13.2 Å². The Balaban J connectivity index is 1.15. The van der Waals surface area contributed by atoms with Crippen LogP contribution in [0.2, 0.25) is 0 Å². The van der Waals surface area contributed by atoms with Gasteiger partial charge in [-0.05, 0) is 50.7 Å². The molecule has 0 radical (unpaired) electrons. The van der Waals surface area contributed by atoms with Crippen molar-refractivity contribution >= 4 is 0 Å². The second-order valence-electron chi connectivity index (χ2n) is 11.1. The Bertz CT molecular complexity index is 1190. The maximum atomic E-state index is 6.24. The third-order valence-electron chi connectivity index (χ3n) is 7.04. The predicted octanol–water partition coefficient (Wildman–Crippen LogP) is 3.92. The topological polar surface area (TPSA) is 73.8 Å². The zero-order valence-corrected chi connectivity index (χ0v) is 23.1. The largest absolute Gasteiger partial charge is 0.367 e. The molecule has 4 aliphatic rings. The first kappa shape index (κ1) is 27.4. The summed E-state index contributed by atoms with van der Waals surface area (Å²) in [5.74, 6) is 10.5. The Labute approximate surface area is 235 Å². The summed E-state index contributed by atoms with van der Waals surface area (Å²) in [6.45, 7) is 8.24. The summed E-state index contributed by atoms with van der Waals surface area (Å²) in [4.78, 5) is 0. The summed E-state index contributed by atoms with van der Waals surface area (Å²) < 4.78 is 48.6. The monoisotopic (exact) mass is 546 g/mol. The molecule has 0 bridgehead atoms. The molecule has 8 nitrogen and oxygen atoms in total. The molecule has 0 N–H and O–H groups in total. The van der Waals surface area contributed by atoms with Crippen LogP contribution in [0.4, 0.5) is 0 Å². The summed E-state index contributed by atoms with van der Waals surface area (Å²) in [5, 5.41) is 0. The Morgan fingerprint density at radius 2 is 1.00 bits per heavy atom. The van der Waals surface area contributed by atoms with Crippen LogP contribution in [-0.2, 0) is 51.1 Å². The minimum Gasteiger partial charge on any atom is -0.367 e. The van der Waals surface area contributed by atoms with Crippen LogP contribution < -0.4 is 0 Å². The summed E-state index contributed by atoms with van der Waals surface area (Å²) >= 11 is 0. The Kier molecular flexibility index (Phi) is 7.71. The van der Waals surface area contributed by atoms with Gasteiger partial charge in [-0.2, -0.15) is 0 Å². The van der Waals surface area contributed by atoms with Crippen molar-refractivity contribution in [1.29, 1.82) is 0 Å². The van der Waals surface area contributed by atoms with Crippen LogP contribution in [0.25, 0.3) is 0 Å². The maximum absolute atomic E-state index is 6.24. The molecule has 40 heavy (non-hydrogen) atoms. The summed E-state index contributed by atoms with van der Waals surface area (Å²) in [6, 6.07) is 19.9. The van der Waals surface area contributed by atoms with Crippen molar-refractivity contribution in [3.05, 3.63) is 71.8 Å². The van der Waals surface area contributed by atoms with E-state index in [1.54, 1.807) is 0 Å². The lowest BCUT2D eigenvalue weighted by atomic mass is 10.1. The van der Waals surface area contributed by atoms with Crippen molar-refractivity contribution in [1.82, 2.24) is 0 Å². The van der Waals surface area contributed by atoms with Gasteiger partial charge in [0.15, 0.2) is 36.4 Å². The van der Waals surface area contributed by atoms with Gasteiger partial charge in [-0.15, -0.1) is 0 Å². The van der Waals surface area contributed by atoms with Crippen LogP contribution in [0.15, 0.2) is 60.7 Å². The second-order valence-corrected chi connectivity index (χ2v) is 11.1. The standard InChI is InChI=1S/C32H34O8/c1-31(2)37-27-25(33-19-21-13-7-5-8-14-21)23(35-29(27)39-31)17-11-12-18-24-26(34-20-22-15-9-6-10-16-22)28-30(36-24)40-32(3,4)38-28/h5-10,13-16,23-30H,19-20H2,1-4H3/t23-,24-,25+,26+,27-,28-,29-,30-/m1/s1. The van der Waals surface area contributed by atoms with Gasteiger partial charge < -0.3 is 37.9 Å². The van der Waals surface area contributed by atoms with E-state index in [4.69, 9.17) is 37.9 Å². The molecular formula is C32H34O8. The fraction of sp³-hybridized carbons (Fsp3) is 0.500. The van der Waals surface area contributed by atoms with Crippen molar-refractivity contribution < 1.29 is 37.9 Å². The fourth-order valence-corrected chi connectivity index (χ4v) is 5.30. The Hall–Kier alpha value is -2.76. The third kappa shape index (κ3) is 6.11. The van der Waals surface area contributed by atoms with Crippen molar-refractivity contribution in [3.8, 4) is 23.7 Å². The molecule has 8 atom stereocenters. The lowest BCUT2D eigenvalue weighted by Crippen LogP contribution is -2.36. The number of rotatable bonds is 6. The molecule has 4 saturated heterocycles. The summed E-state index contributed by atoms with van der Waals surface area (Å²) in [5.41, 5.74) is 2.10. The molecule has 8 heteroatoms. The van der Waals surface area contributed by atoms with Gasteiger partial charge in [-0.3, -0.25) is 0 Å². The smallest absolute Gasteiger partial charge is 0.191 e. The molecule has 0 unspecified atom stereocenters. The van der Waals surface area contributed by atoms with E-state index >= 15 is 0 Å². The van der Waals surface area contributed by atoms with Gasteiger partial charge >= 0.3 is 0 Å². The lowest BCUT2D eigenvalue weighted by Gasteiger charge is -2.24. The highest BCUT2D eigenvalue weighted by molar-refractivity contribution is 5.31. The van der Waals surface area contributed by atoms with E-state index in [1.807, 2.05) is 88.4 Å². The molecule has 0 aromatic heterocycles. The molecule has 0 saturated carbocycles. The molecule has 210 valence electrons. The zero-order valence-electron chi connectivity index (χ0n) is 23.1. The summed E-state index contributed by atoms with van der Waals surface area (Å²) in [7, 11) is 0. The van der Waals surface area contributed by atoms with E-state index < -0.39 is 60.8 Å². The highest BCUT2D eigenvalue weighted by Gasteiger charge is 2.56. The first-order valence-corrected chi connectivity index (χ1v) is 13.6. The molecule has 4 fully saturated rings. The van der Waals surface area contributed by atoms with Crippen LogP contribution in [0.1, 0.15) is 38.8 Å². The van der Waals surface area contributed by atoms with Gasteiger partial charge in [-0.25, -0.2) is 0 Å². The predicted molar refractivity (Wildman–Crippen MR) is 143 cm³/mol.